The molecule has 27 heavy (non-hydrogen) atoms. The zero-order chi connectivity index (χ0) is 19.2. The first-order chi connectivity index (χ1) is 13.2. The minimum absolute atomic E-state index is 0.0641. The number of rotatable bonds is 9. The third-order valence-electron chi connectivity index (χ3n) is 5.06. The van der Waals surface area contributed by atoms with Crippen LogP contribution in [0.5, 0.6) is 0 Å². The Morgan fingerprint density at radius 2 is 1.70 bits per heavy atom. The lowest BCUT2D eigenvalue weighted by atomic mass is 9.81. The number of benzene rings is 2. The van der Waals surface area contributed by atoms with Crippen molar-refractivity contribution in [1.29, 1.82) is 0 Å². The summed E-state index contributed by atoms with van der Waals surface area (Å²) in [6, 6.07) is 16.4. The van der Waals surface area contributed by atoms with Gasteiger partial charge in [-0.15, -0.1) is 0 Å². The first kappa shape index (κ1) is 19.1. The molecule has 0 aromatic heterocycles. The van der Waals surface area contributed by atoms with Crippen molar-refractivity contribution in [1.82, 2.24) is 5.32 Å². The second kappa shape index (κ2) is 8.82. The number of hydrogen-bond donors (Lipinski definition) is 1. The molecule has 0 bridgehead atoms. The van der Waals surface area contributed by atoms with Gasteiger partial charge in [0.25, 0.3) is 0 Å². The predicted molar refractivity (Wildman–Crippen MR) is 103 cm³/mol. The fourth-order valence-electron chi connectivity index (χ4n) is 3.94. The van der Waals surface area contributed by atoms with Crippen LogP contribution in [0.2, 0.25) is 0 Å². The largest absolute Gasteiger partial charge is 0.469 e. The van der Waals surface area contributed by atoms with E-state index in [2.05, 4.69) is 29.6 Å². The SMILES string of the molecule is CCCOC(NC=O)[C@@H](CC(=O)OC)C1c2ccccc2-c2ccccc21. The summed E-state index contributed by atoms with van der Waals surface area (Å²) in [5.74, 6) is -0.663. The molecule has 5 nitrogen and oxygen atoms in total. The Morgan fingerprint density at radius 1 is 1.11 bits per heavy atom. The van der Waals surface area contributed by atoms with Crippen molar-refractivity contribution in [3.8, 4) is 11.1 Å². The van der Waals surface area contributed by atoms with Gasteiger partial charge in [-0.05, 0) is 28.7 Å². The molecule has 2 aromatic rings. The van der Waals surface area contributed by atoms with E-state index < -0.39 is 6.23 Å². The number of fused-ring (bicyclic) bond motifs is 3. The molecule has 1 aliphatic rings. The highest BCUT2D eigenvalue weighted by atomic mass is 16.5. The Morgan fingerprint density at radius 3 is 2.22 bits per heavy atom. The number of ether oxygens (including phenoxy) is 2. The molecule has 1 N–H and O–H groups in total. The van der Waals surface area contributed by atoms with Crippen molar-refractivity contribution in [2.75, 3.05) is 13.7 Å². The highest BCUT2D eigenvalue weighted by molar-refractivity contribution is 5.79. The summed E-state index contributed by atoms with van der Waals surface area (Å²) in [6.45, 7) is 2.51. The number of nitrogens with one attached hydrogen (secondary N) is 1. The van der Waals surface area contributed by atoms with E-state index in [0.717, 1.165) is 28.7 Å². The molecule has 0 saturated heterocycles. The maximum Gasteiger partial charge on any atom is 0.305 e. The minimum atomic E-state index is -0.578. The van der Waals surface area contributed by atoms with Crippen molar-refractivity contribution in [3.63, 3.8) is 0 Å². The van der Waals surface area contributed by atoms with Crippen molar-refractivity contribution in [2.24, 2.45) is 5.92 Å². The molecule has 3 rings (SSSR count). The summed E-state index contributed by atoms with van der Waals surface area (Å²) in [5.41, 5.74) is 4.61. The van der Waals surface area contributed by atoms with Gasteiger partial charge >= 0.3 is 5.97 Å². The van der Waals surface area contributed by atoms with E-state index in [0.29, 0.717) is 13.0 Å². The number of carbonyl (C=O) groups is 2. The number of carbonyl (C=O) groups excluding carboxylic acids is 2. The number of esters is 1. The Labute approximate surface area is 159 Å². The van der Waals surface area contributed by atoms with E-state index in [1.54, 1.807) is 0 Å². The van der Waals surface area contributed by atoms with Gasteiger partial charge in [0.05, 0.1) is 13.5 Å². The topological polar surface area (TPSA) is 64.6 Å². The molecule has 0 aliphatic heterocycles. The van der Waals surface area contributed by atoms with Crippen LogP contribution in [0.15, 0.2) is 48.5 Å². The van der Waals surface area contributed by atoms with Gasteiger partial charge in [-0.3, -0.25) is 9.59 Å². The molecule has 0 saturated carbocycles. The summed E-state index contributed by atoms with van der Waals surface area (Å²) in [6.07, 6.45) is 1.03. The fraction of sp³-hybridized carbons (Fsp3) is 0.364. The van der Waals surface area contributed by atoms with E-state index >= 15 is 0 Å². The molecule has 0 heterocycles. The fourth-order valence-corrected chi connectivity index (χ4v) is 3.94. The highest BCUT2D eigenvalue weighted by Crippen LogP contribution is 2.49. The van der Waals surface area contributed by atoms with Gasteiger partial charge in [-0.1, -0.05) is 55.5 Å². The van der Waals surface area contributed by atoms with Crippen LogP contribution in [0.25, 0.3) is 11.1 Å². The van der Waals surface area contributed by atoms with E-state index in [9.17, 15) is 9.59 Å². The van der Waals surface area contributed by atoms with Gasteiger partial charge in [0.15, 0.2) is 0 Å². The average Bonchev–Trinajstić information content (AvgIpc) is 3.04. The van der Waals surface area contributed by atoms with Crippen molar-refractivity contribution in [2.45, 2.75) is 31.9 Å². The maximum absolute atomic E-state index is 12.2. The highest BCUT2D eigenvalue weighted by Gasteiger charge is 2.39. The summed E-state index contributed by atoms with van der Waals surface area (Å²) in [7, 11) is 1.38. The molecule has 5 heteroatoms. The van der Waals surface area contributed by atoms with Gasteiger partial charge < -0.3 is 14.8 Å². The molecule has 1 amide bonds. The molecule has 1 aliphatic carbocycles. The number of hydrogen-bond acceptors (Lipinski definition) is 4. The average molecular weight is 367 g/mol. The summed E-state index contributed by atoms with van der Waals surface area (Å²) in [4.78, 5) is 23.4. The lowest BCUT2D eigenvalue weighted by Gasteiger charge is -2.32. The van der Waals surface area contributed by atoms with Crippen LogP contribution in [0, 0.1) is 5.92 Å². The second-order valence-corrected chi connectivity index (χ2v) is 6.67. The first-order valence-electron chi connectivity index (χ1n) is 9.27. The van der Waals surface area contributed by atoms with E-state index in [-0.39, 0.29) is 24.2 Å². The zero-order valence-electron chi connectivity index (χ0n) is 15.7. The Hall–Kier alpha value is -2.66. The van der Waals surface area contributed by atoms with Crippen LogP contribution in [-0.4, -0.2) is 32.3 Å². The van der Waals surface area contributed by atoms with Gasteiger partial charge in [0, 0.05) is 18.4 Å². The summed E-state index contributed by atoms with van der Waals surface area (Å²) >= 11 is 0. The predicted octanol–water partition coefficient (Wildman–Crippen LogP) is 3.48. The second-order valence-electron chi connectivity index (χ2n) is 6.67. The van der Waals surface area contributed by atoms with Crippen LogP contribution in [-0.2, 0) is 19.1 Å². The van der Waals surface area contributed by atoms with Crippen LogP contribution >= 0.6 is 0 Å². The monoisotopic (exact) mass is 367 g/mol. The molecular formula is C22H25NO4. The molecule has 142 valence electrons. The van der Waals surface area contributed by atoms with E-state index in [1.165, 1.54) is 7.11 Å². The summed E-state index contributed by atoms with van der Waals surface area (Å²) in [5, 5.41) is 2.77. The smallest absolute Gasteiger partial charge is 0.305 e. The van der Waals surface area contributed by atoms with Gasteiger partial charge in [-0.2, -0.15) is 0 Å². The number of methoxy groups -OCH3 is 1. The molecule has 2 aromatic carbocycles. The van der Waals surface area contributed by atoms with E-state index in [4.69, 9.17) is 9.47 Å². The lowest BCUT2D eigenvalue weighted by molar-refractivity contribution is -0.144. The van der Waals surface area contributed by atoms with Crippen LogP contribution in [0.3, 0.4) is 0 Å². The van der Waals surface area contributed by atoms with Crippen molar-refractivity contribution >= 4 is 12.4 Å². The van der Waals surface area contributed by atoms with Crippen LogP contribution in [0.4, 0.5) is 0 Å². The Balaban J connectivity index is 2.07. The molecular weight excluding hydrogens is 342 g/mol. The molecule has 0 radical (unpaired) electrons. The van der Waals surface area contributed by atoms with Gasteiger partial charge in [0.2, 0.25) is 6.41 Å². The van der Waals surface area contributed by atoms with Crippen molar-refractivity contribution < 1.29 is 19.1 Å². The van der Waals surface area contributed by atoms with Gasteiger partial charge in [0.1, 0.15) is 6.23 Å². The van der Waals surface area contributed by atoms with Crippen LogP contribution < -0.4 is 5.32 Å². The Bertz CT molecular complexity index is 759. The van der Waals surface area contributed by atoms with Crippen molar-refractivity contribution in [3.05, 3.63) is 59.7 Å². The van der Waals surface area contributed by atoms with Crippen LogP contribution in [0.1, 0.15) is 36.8 Å². The van der Waals surface area contributed by atoms with Gasteiger partial charge in [-0.25, -0.2) is 0 Å². The normalized spacial score (nSPS) is 14.7. The maximum atomic E-state index is 12.2. The van der Waals surface area contributed by atoms with E-state index in [1.807, 2.05) is 31.2 Å². The Kier molecular flexibility index (Phi) is 6.24. The quantitative estimate of drug-likeness (QED) is 0.419. The molecule has 0 spiro atoms. The molecule has 2 atom stereocenters. The first-order valence-corrected chi connectivity index (χ1v) is 9.27. The standard InChI is InChI=1S/C22H25NO4/c1-3-12-27-22(23-14-24)19(13-20(25)26-2)21-17-10-6-4-8-15(17)16-9-5-7-11-18(16)21/h4-11,14,19,21-22H,3,12-13H2,1-2H3,(H,23,24)/t19-,22?/m0/s1. The zero-order valence-corrected chi connectivity index (χ0v) is 15.7. The minimum Gasteiger partial charge on any atom is -0.469 e. The summed E-state index contributed by atoms with van der Waals surface area (Å²) < 4.78 is 10.9. The third kappa shape index (κ3) is 3.88. The molecule has 0 fully saturated rings. The third-order valence-corrected chi connectivity index (χ3v) is 5.06. The lowest BCUT2D eigenvalue weighted by Crippen LogP contribution is -2.42. The number of amides is 1. The molecule has 1 unspecified atom stereocenters.